The zero-order chi connectivity index (χ0) is 7.56. The highest BCUT2D eigenvalue weighted by atomic mass is 32.1. The average Bonchev–Trinajstić information content (AvgIpc) is 2.36. The molecule has 0 saturated carbocycles. The SMILES string of the molecule is O=C(O)N(S)n1ccnc1. The predicted molar refractivity (Wildman–Crippen MR) is 37.5 cm³/mol. The van der Waals surface area contributed by atoms with Crippen LogP contribution in [0.2, 0.25) is 0 Å². The van der Waals surface area contributed by atoms with Gasteiger partial charge in [0.1, 0.15) is 6.33 Å². The van der Waals surface area contributed by atoms with E-state index in [-0.39, 0.29) is 0 Å². The molecule has 10 heavy (non-hydrogen) atoms. The molecule has 1 N–H and O–H groups in total. The minimum absolute atomic E-state index is 0.715. The van der Waals surface area contributed by atoms with E-state index in [1.807, 2.05) is 0 Å². The molecule has 54 valence electrons. The molecule has 1 aromatic rings. The second-order valence-electron chi connectivity index (χ2n) is 1.51. The Morgan fingerprint density at radius 3 is 2.90 bits per heavy atom. The quantitative estimate of drug-likeness (QED) is 0.581. The average molecular weight is 159 g/mol. The summed E-state index contributed by atoms with van der Waals surface area (Å²) in [7, 11) is 0. The van der Waals surface area contributed by atoms with Gasteiger partial charge >= 0.3 is 6.09 Å². The van der Waals surface area contributed by atoms with Gasteiger partial charge in [-0.15, -0.1) is 0 Å². The van der Waals surface area contributed by atoms with Crippen molar-refractivity contribution in [1.82, 2.24) is 9.66 Å². The van der Waals surface area contributed by atoms with E-state index in [4.69, 9.17) is 5.11 Å². The van der Waals surface area contributed by atoms with Gasteiger partial charge in [-0.25, -0.2) is 14.5 Å². The van der Waals surface area contributed by atoms with Crippen LogP contribution in [0.1, 0.15) is 0 Å². The first kappa shape index (κ1) is 6.94. The number of rotatable bonds is 1. The molecule has 0 saturated heterocycles. The zero-order valence-corrected chi connectivity index (χ0v) is 5.77. The van der Waals surface area contributed by atoms with Crippen LogP contribution in [0, 0.1) is 0 Å². The van der Waals surface area contributed by atoms with Gasteiger partial charge in [0, 0.05) is 12.4 Å². The summed E-state index contributed by atoms with van der Waals surface area (Å²) in [5, 5.41) is 8.35. The van der Waals surface area contributed by atoms with Gasteiger partial charge in [-0.1, -0.05) is 0 Å². The van der Waals surface area contributed by atoms with Crippen molar-refractivity contribution in [3.05, 3.63) is 18.7 Å². The Morgan fingerprint density at radius 1 is 1.80 bits per heavy atom. The van der Waals surface area contributed by atoms with Gasteiger partial charge in [0.15, 0.2) is 0 Å². The summed E-state index contributed by atoms with van der Waals surface area (Å²) in [6.45, 7) is 0. The lowest BCUT2D eigenvalue weighted by atomic mass is 10.9. The standard InChI is InChI=1S/C4H5N3O2S/c8-4(9)7(10)6-2-1-5-3-6/h1-3,10H,(H,8,9). The lowest BCUT2D eigenvalue weighted by Gasteiger charge is -2.10. The highest BCUT2D eigenvalue weighted by molar-refractivity contribution is 7.82. The highest BCUT2D eigenvalue weighted by Gasteiger charge is 2.06. The van der Waals surface area contributed by atoms with Crippen molar-refractivity contribution >= 4 is 18.9 Å². The summed E-state index contributed by atoms with van der Waals surface area (Å²) < 4.78 is 1.94. The fraction of sp³-hybridized carbons (Fsp3) is 0. The topological polar surface area (TPSA) is 58.4 Å². The smallest absolute Gasteiger partial charge is 0.437 e. The minimum Gasteiger partial charge on any atom is -0.463 e. The van der Waals surface area contributed by atoms with Gasteiger partial charge in [-0.2, -0.15) is 4.41 Å². The van der Waals surface area contributed by atoms with Crippen LogP contribution in [-0.4, -0.2) is 20.9 Å². The Balaban J connectivity index is 2.77. The molecule has 0 atom stereocenters. The van der Waals surface area contributed by atoms with E-state index in [1.54, 1.807) is 0 Å². The van der Waals surface area contributed by atoms with Crippen LogP contribution in [0.4, 0.5) is 4.79 Å². The van der Waals surface area contributed by atoms with Crippen molar-refractivity contribution in [2.75, 3.05) is 4.41 Å². The van der Waals surface area contributed by atoms with Gasteiger partial charge in [0.05, 0.1) is 0 Å². The molecule has 0 radical (unpaired) electrons. The molecule has 6 heteroatoms. The largest absolute Gasteiger partial charge is 0.463 e. The normalized spacial score (nSPS) is 9.30. The third-order valence-electron chi connectivity index (χ3n) is 0.880. The third-order valence-corrected chi connectivity index (χ3v) is 1.26. The van der Waals surface area contributed by atoms with E-state index >= 15 is 0 Å². The molecule has 5 nitrogen and oxygen atoms in total. The van der Waals surface area contributed by atoms with E-state index in [0.29, 0.717) is 4.41 Å². The summed E-state index contributed by atoms with van der Waals surface area (Å²) in [5.74, 6) is 0. The Kier molecular flexibility index (Phi) is 1.81. The molecular formula is C4H5N3O2S. The van der Waals surface area contributed by atoms with Gasteiger partial charge in [0.25, 0.3) is 0 Å². The first-order chi connectivity index (χ1) is 4.72. The lowest BCUT2D eigenvalue weighted by Crippen LogP contribution is -2.28. The molecule has 0 aromatic carbocycles. The van der Waals surface area contributed by atoms with Crippen LogP contribution in [0.25, 0.3) is 0 Å². The van der Waals surface area contributed by atoms with Crippen LogP contribution in [0.15, 0.2) is 18.7 Å². The van der Waals surface area contributed by atoms with Crippen LogP contribution < -0.4 is 4.41 Å². The van der Waals surface area contributed by atoms with Crippen molar-refractivity contribution in [3.63, 3.8) is 0 Å². The number of aromatic nitrogens is 2. The summed E-state index contributed by atoms with van der Waals surface area (Å²) >= 11 is 3.64. The molecule has 0 unspecified atom stereocenters. The Labute approximate surface area is 62.4 Å². The van der Waals surface area contributed by atoms with Crippen LogP contribution in [-0.2, 0) is 0 Å². The Morgan fingerprint density at radius 2 is 2.50 bits per heavy atom. The molecule has 0 fully saturated rings. The maximum Gasteiger partial charge on any atom is 0.437 e. The molecule has 0 bridgehead atoms. The predicted octanol–water partition coefficient (Wildman–Crippen LogP) is 0.344. The fourth-order valence-corrected chi connectivity index (χ4v) is 0.569. The number of amides is 1. The van der Waals surface area contributed by atoms with Gasteiger partial charge in [-0.05, 0) is 12.8 Å². The minimum atomic E-state index is -1.15. The first-order valence-electron chi connectivity index (χ1n) is 2.42. The molecule has 1 aromatic heterocycles. The number of carbonyl (C=O) groups is 1. The fourth-order valence-electron chi connectivity index (χ4n) is 0.463. The number of hydrogen-bond donors (Lipinski definition) is 2. The van der Waals surface area contributed by atoms with E-state index < -0.39 is 6.09 Å². The highest BCUT2D eigenvalue weighted by Crippen LogP contribution is 1.93. The summed E-state index contributed by atoms with van der Waals surface area (Å²) in [6.07, 6.45) is 3.12. The Hall–Kier alpha value is -1.17. The molecule has 0 aliphatic heterocycles. The molecule has 0 spiro atoms. The monoisotopic (exact) mass is 159 g/mol. The number of nitrogens with zero attached hydrogens (tertiary/aromatic N) is 3. The molecule has 1 heterocycles. The molecule has 1 rings (SSSR count). The number of hydrogen-bond acceptors (Lipinski definition) is 3. The van der Waals surface area contributed by atoms with Crippen molar-refractivity contribution < 1.29 is 9.90 Å². The van der Waals surface area contributed by atoms with E-state index in [0.717, 1.165) is 0 Å². The van der Waals surface area contributed by atoms with E-state index in [2.05, 4.69) is 17.8 Å². The maximum atomic E-state index is 10.2. The first-order valence-corrected chi connectivity index (χ1v) is 2.82. The Bertz CT molecular complexity index is 222. The van der Waals surface area contributed by atoms with Crippen LogP contribution in [0.3, 0.4) is 0 Å². The van der Waals surface area contributed by atoms with Crippen molar-refractivity contribution in [2.24, 2.45) is 0 Å². The number of imidazole rings is 1. The van der Waals surface area contributed by atoms with Gasteiger partial charge in [-0.3, -0.25) is 0 Å². The summed E-state index contributed by atoms with van der Waals surface area (Å²) in [5.41, 5.74) is 0. The third kappa shape index (κ3) is 1.21. The lowest BCUT2D eigenvalue weighted by molar-refractivity contribution is 0.202. The molecule has 0 aliphatic carbocycles. The van der Waals surface area contributed by atoms with E-state index in [1.165, 1.54) is 23.4 Å². The molecule has 0 aliphatic rings. The van der Waals surface area contributed by atoms with E-state index in [9.17, 15) is 4.79 Å². The summed E-state index contributed by atoms with van der Waals surface area (Å²) in [4.78, 5) is 13.8. The number of thiol groups is 1. The van der Waals surface area contributed by atoms with Crippen LogP contribution in [0.5, 0.6) is 0 Å². The molecular weight excluding hydrogens is 154 g/mol. The second-order valence-corrected chi connectivity index (χ2v) is 1.89. The van der Waals surface area contributed by atoms with Crippen molar-refractivity contribution in [1.29, 1.82) is 0 Å². The number of carboxylic acid groups (broad SMARTS) is 1. The van der Waals surface area contributed by atoms with Gasteiger partial charge in [0.2, 0.25) is 0 Å². The van der Waals surface area contributed by atoms with Gasteiger partial charge < -0.3 is 5.11 Å². The maximum absolute atomic E-state index is 10.2. The molecule has 1 amide bonds. The second kappa shape index (κ2) is 2.61. The van der Waals surface area contributed by atoms with Crippen molar-refractivity contribution in [3.8, 4) is 0 Å². The van der Waals surface area contributed by atoms with Crippen molar-refractivity contribution in [2.45, 2.75) is 0 Å². The summed E-state index contributed by atoms with van der Waals surface area (Å²) in [6, 6.07) is 0. The zero-order valence-electron chi connectivity index (χ0n) is 4.88. The van der Waals surface area contributed by atoms with Crippen LogP contribution >= 0.6 is 12.8 Å².